The molecule has 0 aliphatic carbocycles. The van der Waals surface area contributed by atoms with Crippen LogP contribution in [0.4, 0.5) is 0 Å². The second-order valence-corrected chi connectivity index (χ2v) is 6.02. The number of rotatable bonds is 1. The number of amides is 2. The van der Waals surface area contributed by atoms with E-state index in [0.29, 0.717) is 36.8 Å². The first kappa shape index (κ1) is 14.6. The summed E-state index contributed by atoms with van der Waals surface area (Å²) in [5.74, 6) is 0.0671. The van der Waals surface area contributed by atoms with E-state index in [9.17, 15) is 9.59 Å². The Bertz CT molecular complexity index is 513. The van der Waals surface area contributed by atoms with E-state index in [-0.39, 0.29) is 11.8 Å². The molecule has 0 N–H and O–H groups in total. The Hall–Kier alpha value is -0.820. The molecule has 2 amide bonds. The fourth-order valence-electron chi connectivity index (χ4n) is 2.06. The fourth-order valence-corrected chi connectivity index (χ4v) is 3.16. The first-order chi connectivity index (χ1) is 8.99. The highest BCUT2D eigenvalue weighted by atomic mass is 127. The number of nitrogens with zero attached hydrogens (tertiary/aromatic N) is 2. The molecule has 0 radical (unpaired) electrons. The summed E-state index contributed by atoms with van der Waals surface area (Å²) >= 11 is 8.00. The summed E-state index contributed by atoms with van der Waals surface area (Å²) in [6.45, 7) is 3.92. The summed E-state index contributed by atoms with van der Waals surface area (Å²) in [7, 11) is 0. The number of carbonyl (C=O) groups is 2. The average Bonchev–Trinajstić information content (AvgIpc) is 2.38. The van der Waals surface area contributed by atoms with Crippen LogP contribution >= 0.6 is 34.2 Å². The number of hydrogen-bond donors (Lipinski definition) is 0. The van der Waals surface area contributed by atoms with Gasteiger partial charge in [-0.25, -0.2) is 0 Å². The van der Waals surface area contributed by atoms with Crippen molar-refractivity contribution in [1.29, 1.82) is 0 Å². The van der Waals surface area contributed by atoms with Crippen LogP contribution in [0.1, 0.15) is 17.3 Å². The SMILES string of the molecule is CC(=O)N1CCN(C(=O)c2ccc(Cl)cc2I)CC1. The van der Waals surface area contributed by atoms with Gasteiger partial charge in [-0.15, -0.1) is 0 Å². The molecule has 0 unspecified atom stereocenters. The number of hydrogen-bond acceptors (Lipinski definition) is 2. The second kappa shape index (κ2) is 6.09. The summed E-state index contributed by atoms with van der Waals surface area (Å²) in [5, 5.41) is 0.627. The smallest absolute Gasteiger partial charge is 0.255 e. The number of halogens is 2. The minimum absolute atomic E-state index is 0.00395. The molecule has 102 valence electrons. The van der Waals surface area contributed by atoms with E-state index >= 15 is 0 Å². The van der Waals surface area contributed by atoms with Gasteiger partial charge in [0.25, 0.3) is 5.91 Å². The normalized spacial score (nSPS) is 15.5. The van der Waals surface area contributed by atoms with Crippen molar-refractivity contribution in [2.45, 2.75) is 6.92 Å². The van der Waals surface area contributed by atoms with Crippen molar-refractivity contribution >= 4 is 46.0 Å². The molecule has 1 aromatic rings. The van der Waals surface area contributed by atoms with Gasteiger partial charge in [-0.2, -0.15) is 0 Å². The average molecular weight is 393 g/mol. The Morgan fingerprint density at radius 3 is 2.26 bits per heavy atom. The first-order valence-corrected chi connectivity index (χ1v) is 7.44. The molecule has 0 aromatic heterocycles. The Morgan fingerprint density at radius 2 is 1.74 bits per heavy atom. The van der Waals surface area contributed by atoms with E-state index in [0.717, 1.165) is 3.57 Å². The standard InChI is InChI=1S/C13H14ClIN2O2/c1-9(18)16-4-6-17(7-5-16)13(19)11-3-2-10(14)8-12(11)15/h2-3,8H,4-7H2,1H3. The van der Waals surface area contributed by atoms with E-state index in [2.05, 4.69) is 22.6 Å². The van der Waals surface area contributed by atoms with Crippen molar-refractivity contribution in [2.24, 2.45) is 0 Å². The van der Waals surface area contributed by atoms with Crippen molar-refractivity contribution in [3.63, 3.8) is 0 Å². The molecule has 4 nitrogen and oxygen atoms in total. The van der Waals surface area contributed by atoms with Crippen molar-refractivity contribution in [2.75, 3.05) is 26.2 Å². The summed E-state index contributed by atoms with van der Waals surface area (Å²) in [6, 6.07) is 5.26. The minimum atomic E-state index is 0.00395. The predicted molar refractivity (Wildman–Crippen MR) is 82.3 cm³/mol. The zero-order chi connectivity index (χ0) is 14.0. The highest BCUT2D eigenvalue weighted by Crippen LogP contribution is 2.20. The van der Waals surface area contributed by atoms with Crippen LogP contribution in [-0.2, 0) is 4.79 Å². The van der Waals surface area contributed by atoms with Crippen LogP contribution in [0.15, 0.2) is 18.2 Å². The van der Waals surface area contributed by atoms with Gasteiger partial charge < -0.3 is 9.80 Å². The molecule has 1 saturated heterocycles. The lowest BCUT2D eigenvalue weighted by atomic mass is 10.2. The summed E-state index contributed by atoms with van der Waals surface area (Å²) in [6.07, 6.45) is 0. The van der Waals surface area contributed by atoms with Crippen molar-refractivity contribution < 1.29 is 9.59 Å². The summed E-state index contributed by atoms with van der Waals surface area (Å²) < 4.78 is 0.851. The lowest BCUT2D eigenvalue weighted by molar-refractivity contribution is -0.130. The van der Waals surface area contributed by atoms with E-state index < -0.39 is 0 Å². The van der Waals surface area contributed by atoms with Crippen LogP contribution in [-0.4, -0.2) is 47.8 Å². The second-order valence-electron chi connectivity index (χ2n) is 4.42. The molecule has 19 heavy (non-hydrogen) atoms. The molecule has 1 aliphatic heterocycles. The van der Waals surface area contributed by atoms with Crippen molar-refractivity contribution in [3.05, 3.63) is 32.4 Å². The number of piperazine rings is 1. The van der Waals surface area contributed by atoms with Crippen molar-refractivity contribution in [1.82, 2.24) is 9.80 Å². The van der Waals surface area contributed by atoms with Gasteiger partial charge in [-0.3, -0.25) is 9.59 Å². The molecule has 1 aromatic carbocycles. The Morgan fingerprint density at radius 1 is 1.16 bits per heavy atom. The summed E-state index contributed by atoms with van der Waals surface area (Å²) in [4.78, 5) is 27.2. The maximum Gasteiger partial charge on any atom is 0.255 e. The maximum atomic E-state index is 12.4. The molecule has 0 spiro atoms. The third-order valence-corrected chi connectivity index (χ3v) is 4.30. The van der Waals surface area contributed by atoms with Crippen LogP contribution in [0.25, 0.3) is 0 Å². The van der Waals surface area contributed by atoms with Gasteiger partial charge >= 0.3 is 0 Å². The van der Waals surface area contributed by atoms with Gasteiger partial charge in [0.2, 0.25) is 5.91 Å². The highest BCUT2D eigenvalue weighted by molar-refractivity contribution is 14.1. The molecular weight excluding hydrogens is 379 g/mol. The fraction of sp³-hybridized carbons (Fsp3) is 0.385. The third-order valence-electron chi connectivity index (χ3n) is 3.17. The van der Waals surface area contributed by atoms with Crippen LogP contribution in [0.3, 0.4) is 0 Å². The Kier molecular flexibility index (Phi) is 4.67. The van der Waals surface area contributed by atoms with Gasteiger partial charge in [0.1, 0.15) is 0 Å². The molecule has 6 heteroatoms. The lowest BCUT2D eigenvalue weighted by Gasteiger charge is -2.34. The number of benzene rings is 1. The van der Waals surface area contributed by atoms with Crippen LogP contribution < -0.4 is 0 Å². The first-order valence-electron chi connectivity index (χ1n) is 5.99. The van der Waals surface area contributed by atoms with E-state index in [1.54, 1.807) is 34.9 Å². The third kappa shape index (κ3) is 3.39. The Labute approximate surface area is 130 Å². The van der Waals surface area contributed by atoms with Gasteiger partial charge in [0.15, 0.2) is 0 Å². The highest BCUT2D eigenvalue weighted by Gasteiger charge is 2.24. The van der Waals surface area contributed by atoms with Crippen molar-refractivity contribution in [3.8, 4) is 0 Å². The van der Waals surface area contributed by atoms with Gasteiger partial charge in [-0.05, 0) is 40.8 Å². The van der Waals surface area contributed by atoms with Crippen LogP contribution in [0.5, 0.6) is 0 Å². The van der Waals surface area contributed by atoms with E-state index in [4.69, 9.17) is 11.6 Å². The molecule has 0 saturated carbocycles. The molecule has 0 bridgehead atoms. The molecule has 2 rings (SSSR count). The quantitative estimate of drug-likeness (QED) is 0.688. The molecule has 1 aliphatic rings. The minimum Gasteiger partial charge on any atom is -0.339 e. The predicted octanol–water partition coefficient (Wildman–Crippen LogP) is 2.25. The molecule has 1 fully saturated rings. The lowest BCUT2D eigenvalue weighted by Crippen LogP contribution is -2.50. The zero-order valence-electron chi connectivity index (χ0n) is 10.5. The maximum absolute atomic E-state index is 12.4. The largest absolute Gasteiger partial charge is 0.339 e. The van der Waals surface area contributed by atoms with E-state index in [1.807, 2.05) is 0 Å². The summed E-state index contributed by atoms with van der Waals surface area (Å²) in [5.41, 5.74) is 0.668. The van der Waals surface area contributed by atoms with Crippen LogP contribution in [0, 0.1) is 3.57 Å². The Balaban J connectivity index is 2.07. The monoisotopic (exact) mass is 392 g/mol. The van der Waals surface area contributed by atoms with Gasteiger partial charge in [-0.1, -0.05) is 11.6 Å². The topological polar surface area (TPSA) is 40.6 Å². The van der Waals surface area contributed by atoms with E-state index in [1.165, 1.54) is 0 Å². The molecule has 1 heterocycles. The van der Waals surface area contributed by atoms with Crippen LogP contribution in [0.2, 0.25) is 5.02 Å². The van der Waals surface area contributed by atoms with Gasteiger partial charge in [0, 0.05) is 41.7 Å². The zero-order valence-corrected chi connectivity index (χ0v) is 13.4. The van der Waals surface area contributed by atoms with Gasteiger partial charge in [0.05, 0.1) is 5.56 Å². The number of carbonyl (C=O) groups excluding carboxylic acids is 2. The molecular formula is C13H14ClIN2O2. The molecule has 0 atom stereocenters.